The molecular formula is C10H8F3N3O2. The molecule has 0 bridgehead atoms. The minimum absolute atomic E-state index is 0.311. The van der Waals surface area contributed by atoms with Crippen molar-refractivity contribution >= 4 is 18.3 Å². The number of aliphatic imine (C=N–C) groups is 1. The molecule has 1 N–H and O–H groups in total. The maximum atomic E-state index is 11.9. The molecule has 0 saturated heterocycles. The smallest absolute Gasteiger partial charge is 0.406 e. The maximum Gasteiger partial charge on any atom is 0.573 e. The van der Waals surface area contributed by atoms with Crippen LogP contribution >= 0.6 is 0 Å². The highest BCUT2D eigenvalue weighted by molar-refractivity contribution is 5.82. The molecule has 1 atom stereocenters. The minimum atomic E-state index is -4.71. The average molecular weight is 259 g/mol. The summed E-state index contributed by atoms with van der Waals surface area (Å²) in [5, 5.41) is 1.43. The Kier molecular flexibility index (Phi) is 3.19. The van der Waals surface area contributed by atoms with Gasteiger partial charge in [0.2, 0.25) is 0 Å². The second-order valence-corrected chi connectivity index (χ2v) is 3.39. The number of ether oxygens (including phenoxy) is 1. The summed E-state index contributed by atoms with van der Waals surface area (Å²) in [5.74, 6) is -0.311. The third-order valence-electron chi connectivity index (χ3n) is 2.09. The van der Waals surface area contributed by atoms with Gasteiger partial charge in [0.15, 0.2) is 12.5 Å². The Balaban J connectivity index is 2.05. The lowest BCUT2D eigenvalue weighted by Crippen LogP contribution is -2.37. The number of carbonyl (C=O) groups excluding carboxylic acids is 1. The van der Waals surface area contributed by atoms with E-state index in [9.17, 15) is 18.0 Å². The summed E-state index contributed by atoms with van der Waals surface area (Å²) in [6.45, 7) is 0. The average Bonchev–Trinajstić information content (AvgIpc) is 2.76. The highest BCUT2D eigenvalue weighted by Crippen LogP contribution is 2.25. The number of nitrogens with zero attached hydrogens (tertiary/aromatic N) is 2. The number of anilines is 1. The molecule has 1 aliphatic rings. The van der Waals surface area contributed by atoms with Crippen molar-refractivity contribution in [2.75, 3.05) is 5.01 Å². The SMILES string of the molecule is O=CC1N=CN(c2ccc(OC(F)(F)F)cc2)N1. The second-order valence-electron chi connectivity index (χ2n) is 3.39. The van der Waals surface area contributed by atoms with Crippen molar-refractivity contribution < 1.29 is 22.7 Å². The monoisotopic (exact) mass is 259 g/mol. The van der Waals surface area contributed by atoms with Gasteiger partial charge in [-0.3, -0.25) is 9.80 Å². The van der Waals surface area contributed by atoms with Crippen LogP contribution in [0.5, 0.6) is 5.75 Å². The fourth-order valence-corrected chi connectivity index (χ4v) is 1.36. The molecule has 8 heteroatoms. The Morgan fingerprint density at radius 1 is 1.33 bits per heavy atom. The van der Waals surface area contributed by atoms with Gasteiger partial charge >= 0.3 is 6.36 Å². The van der Waals surface area contributed by atoms with Gasteiger partial charge in [0, 0.05) is 0 Å². The quantitative estimate of drug-likeness (QED) is 0.835. The Bertz CT molecular complexity index is 458. The van der Waals surface area contributed by atoms with Gasteiger partial charge in [-0.2, -0.15) is 5.43 Å². The van der Waals surface area contributed by atoms with E-state index >= 15 is 0 Å². The predicted octanol–water partition coefficient (Wildman–Crippen LogP) is 1.46. The number of carbonyl (C=O) groups is 1. The zero-order chi connectivity index (χ0) is 13.2. The molecule has 96 valence electrons. The van der Waals surface area contributed by atoms with Crippen molar-refractivity contribution in [1.82, 2.24) is 5.43 Å². The minimum Gasteiger partial charge on any atom is -0.406 e. The van der Waals surface area contributed by atoms with E-state index in [4.69, 9.17) is 0 Å². The number of halogens is 3. The van der Waals surface area contributed by atoms with Crippen LogP contribution < -0.4 is 15.2 Å². The van der Waals surface area contributed by atoms with Gasteiger partial charge in [-0.1, -0.05) is 0 Å². The molecule has 18 heavy (non-hydrogen) atoms. The highest BCUT2D eigenvalue weighted by Gasteiger charge is 2.31. The van der Waals surface area contributed by atoms with Crippen molar-refractivity contribution in [3.05, 3.63) is 24.3 Å². The van der Waals surface area contributed by atoms with E-state index in [-0.39, 0.29) is 5.75 Å². The van der Waals surface area contributed by atoms with Crippen molar-refractivity contribution in [3.8, 4) is 5.75 Å². The van der Waals surface area contributed by atoms with E-state index in [1.807, 2.05) is 0 Å². The van der Waals surface area contributed by atoms with Gasteiger partial charge in [0.1, 0.15) is 12.1 Å². The number of alkyl halides is 3. The van der Waals surface area contributed by atoms with E-state index in [1.54, 1.807) is 0 Å². The molecule has 2 rings (SSSR count). The lowest BCUT2D eigenvalue weighted by atomic mass is 10.3. The third kappa shape index (κ3) is 2.98. The molecule has 0 spiro atoms. The Morgan fingerprint density at radius 2 is 2.00 bits per heavy atom. The fraction of sp³-hybridized carbons (Fsp3) is 0.200. The summed E-state index contributed by atoms with van der Waals surface area (Å²) < 4.78 is 39.5. The van der Waals surface area contributed by atoms with Gasteiger partial charge < -0.3 is 4.74 Å². The van der Waals surface area contributed by atoms with Crippen LogP contribution in [0, 0.1) is 0 Å². The van der Waals surface area contributed by atoms with Gasteiger partial charge in [-0.15, -0.1) is 13.2 Å². The van der Waals surface area contributed by atoms with E-state index < -0.39 is 12.5 Å². The first-order valence-electron chi connectivity index (χ1n) is 4.88. The summed E-state index contributed by atoms with van der Waals surface area (Å²) in [7, 11) is 0. The summed E-state index contributed by atoms with van der Waals surface area (Å²) >= 11 is 0. The maximum absolute atomic E-state index is 11.9. The molecule has 0 aliphatic carbocycles. The molecule has 1 heterocycles. The van der Waals surface area contributed by atoms with Gasteiger partial charge in [-0.25, -0.2) is 4.99 Å². The Hall–Kier alpha value is -2.09. The lowest BCUT2D eigenvalue weighted by molar-refractivity contribution is -0.274. The van der Waals surface area contributed by atoms with Crippen LogP contribution in [0.3, 0.4) is 0 Å². The number of benzene rings is 1. The number of rotatable bonds is 3. The topological polar surface area (TPSA) is 53.9 Å². The van der Waals surface area contributed by atoms with Crippen LogP contribution in [0.1, 0.15) is 0 Å². The Morgan fingerprint density at radius 3 is 2.50 bits per heavy atom. The van der Waals surface area contributed by atoms with Gasteiger partial charge in [0.25, 0.3) is 0 Å². The molecular weight excluding hydrogens is 251 g/mol. The van der Waals surface area contributed by atoms with Crippen LogP contribution in [0.4, 0.5) is 18.9 Å². The van der Waals surface area contributed by atoms with E-state index in [0.29, 0.717) is 12.0 Å². The molecule has 1 aromatic carbocycles. The highest BCUT2D eigenvalue weighted by atomic mass is 19.4. The van der Waals surface area contributed by atoms with Crippen LogP contribution in [0.15, 0.2) is 29.3 Å². The van der Waals surface area contributed by atoms with Crippen LogP contribution in [0.2, 0.25) is 0 Å². The molecule has 0 saturated carbocycles. The Labute approximate surface area is 99.8 Å². The molecule has 1 aliphatic heterocycles. The normalized spacial score (nSPS) is 19.1. The molecule has 0 aromatic heterocycles. The number of nitrogens with one attached hydrogen (secondary N) is 1. The summed E-state index contributed by atoms with van der Waals surface area (Å²) in [6.07, 6.45) is -3.40. The predicted molar refractivity (Wildman–Crippen MR) is 57.1 cm³/mol. The van der Waals surface area contributed by atoms with Crippen molar-refractivity contribution in [2.45, 2.75) is 12.5 Å². The number of aldehydes is 1. The molecule has 0 fully saturated rings. The molecule has 0 amide bonds. The zero-order valence-electron chi connectivity index (χ0n) is 8.89. The third-order valence-corrected chi connectivity index (χ3v) is 2.09. The van der Waals surface area contributed by atoms with Crippen LogP contribution in [0.25, 0.3) is 0 Å². The summed E-state index contributed by atoms with van der Waals surface area (Å²) in [5.41, 5.74) is 3.24. The molecule has 0 radical (unpaired) electrons. The first-order chi connectivity index (χ1) is 8.48. The second kappa shape index (κ2) is 4.65. The standard InChI is InChI=1S/C10H8F3N3O2/c11-10(12,13)18-8-3-1-7(2-4-8)16-6-14-9(5-17)15-16/h1-6,9,15H. The van der Waals surface area contributed by atoms with Crippen molar-refractivity contribution in [3.63, 3.8) is 0 Å². The molecule has 5 nitrogen and oxygen atoms in total. The zero-order valence-corrected chi connectivity index (χ0v) is 8.89. The van der Waals surface area contributed by atoms with Crippen LogP contribution in [-0.2, 0) is 4.79 Å². The number of hydrazine groups is 1. The first-order valence-corrected chi connectivity index (χ1v) is 4.88. The number of hydrogen-bond acceptors (Lipinski definition) is 5. The first kappa shape index (κ1) is 12.4. The van der Waals surface area contributed by atoms with E-state index in [0.717, 1.165) is 0 Å². The summed E-state index contributed by atoms with van der Waals surface area (Å²) in [4.78, 5) is 14.3. The summed E-state index contributed by atoms with van der Waals surface area (Å²) in [6, 6.07) is 5.17. The molecule has 1 aromatic rings. The molecule has 1 unspecified atom stereocenters. The number of hydrogen-bond donors (Lipinski definition) is 1. The van der Waals surface area contributed by atoms with Gasteiger partial charge in [0.05, 0.1) is 5.69 Å². The largest absolute Gasteiger partial charge is 0.573 e. The van der Waals surface area contributed by atoms with Gasteiger partial charge in [-0.05, 0) is 24.3 Å². The lowest BCUT2D eigenvalue weighted by Gasteiger charge is -2.16. The van der Waals surface area contributed by atoms with Crippen molar-refractivity contribution in [2.24, 2.45) is 4.99 Å². The van der Waals surface area contributed by atoms with E-state index in [1.165, 1.54) is 35.6 Å². The fourth-order valence-electron chi connectivity index (χ4n) is 1.36. The van der Waals surface area contributed by atoms with Crippen LogP contribution in [-0.4, -0.2) is 25.2 Å². The van der Waals surface area contributed by atoms with E-state index in [2.05, 4.69) is 15.2 Å². The van der Waals surface area contributed by atoms with Crippen molar-refractivity contribution in [1.29, 1.82) is 0 Å².